The number of aromatic nitrogens is 1. The predicted octanol–water partition coefficient (Wildman–Crippen LogP) is 4.61. The van der Waals surface area contributed by atoms with Crippen LogP contribution in [0, 0.1) is 3.57 Å². The van der Waals surface area contributed by atoms with Crippen molar-refractivity contribution >= 4 is 45.8 Å². The molecule has 1 N–H and O–H groups in total. The molecule has 1 aromatic heterocycles. The average molecular weight is 427 g/mol. The van der Waals surface area contributed by atoms with Gasteiger partial charge >= 0.3 is 6.18 Å². The number of rotatable bonds is 2. The lowest BCUT2D eigenvalue weighted by Gasteiger charge is -2.09. The summed E-state index contributed by atoms with van der Waals surface area (Å²) in [6.07, 6.45) is -3.55. The molecule has 0 unspecified atom stereocenters. The zero-order valence-electron chi connectivity index (χ0n) is 10.2. The number of benzene rings is 1. The molecular formula is C13H7ClF3IN2O. The summed E-state index contributed by atoms with van der Waals surface area (Å²) in [5.74, 6) is -0.469. The maximum Gasteiger partial charge on any atom is 0.433 e. The van der Waals surface area contributed by atoms with E-state index >= 15 is 0 Å². The molecule has 0 spiro atoms. The third-order valence-electron chi connectivity index (χ3n) is 2.48. The molecule has 1 heterocycles. The highest BCUT2D eigenvalue weighted by Crippen LogP contribution is 2.28. The number of halogens is 5. The molecule has 0 saturated carbocycles. The lowest BCUT2D eigenvalue weighted by atomic mass is 10.2. The number of alkyl halides is 3. The Bertz CT molecular complexity index is 674. The van der Waals surface area contributed by atoms with Crippen LogP contribution in [-0.2, 0) is 6.18 Å². The monoisotopic (exact) mass is 426 g/mol. The highest BCUT2D eigenvalue weighted by atomic mass is 127. The van der Waals surface area contributed by atoms with Crippen LogP contribution in [0.4, 0.5) is 18.9 Å². The predicted molar refractivity (Wildman–Crippen MR) is 81.4 cm³/mol. The Kier molecular flexibility index (Phi) is 4.72. The summed E-state index contributed by atoms with van der Waals surface area (Å²) in [7, 11) is 0. The van der Waals surface area contributed by atoms with Crippen LogP contribution in [0.1, 0.15) is 16.1 Å². The molecule has 0 aliphatic rings. The fourth-order valence-corrected chi connectivity index (χ4v) is 2.26. The van der Waals surface area contributed by atoms with Crippen molar-refractivity contribution in [3.63, 3.8) is 0 Å². The molecule has 21 heavy (non-hydrogen) atoms. The number of hydrogen-bond donors (Lipinski definition) is 1. The van der Waals surface area contributed by atoms with Crippen molar-refractivity contribution in [2.24, 2.45) is 0 Å². The third kappa shape index (κ3) is 4.07. The molecule has 1 aromatic carbocycles. The van der Waals surface area contributed by atoms with Crippen LogP contribution in [0.2, 0.25) is 5.02 Å². The minimum absolute atomic E-state index is 0.170. The maximum absolute atomic E-state index is 12.4. The van der Waals surface area contributed by atoms with Gasteiger partial charge in [0.1, 0.15) is 5.69 Å². The van der Waals surface area contributed by atoms with Crippen LogP contribution < -0.4 is 5.32 Å². The van der Waals surface area contributed by atoms with Crippen molar-refractivity contribution in [1.82, 2.24) is 4.98 Å². The quantitative estimate of drug-likeness (QED) is 0.713. The van der Waals surface area contributed by atoms with Gasteiger partial charge in [-0.05, 0) is 52.9 Å². The minimum Gasteiger partial charge on any atom is -0.321 e. The number of carbonyl (C=O) groups is 1. The third-order valence-corrected chi connectivity index (χ3v) is 3.66. The van der Waals surface area contributed by atoms with Gasteiger partial charge in [0, 0.05) is 8.59 Å². The Balaban J connectivity index is 2.18. The van der Waals surface area contributed by atoms with E-state index < -0.39 is 17.8 Å². The summed E-state index contributed by atoms with van der Waals surface area (Å²) < 4.78 is 37.8. The van der Waals surface area contributed by atoms with E-state index in [0.29, 0.717) is 14.2 Å². The highest BCUT2D eigenvalue weighted by Gasteiger charge is 2.32. The number of nitrogens with one attached hydrogen (secondary N) is 1. The molecule has 1 amide bonds. The molecule has 0 bridgehead atoms. The van der Waals surface area contributed by atoms with Crippen molar-refractivity contribution in [3.05, 3.63) is 56.4 Å². The smallest absolute Gasteiger partial charge is 0.321 e. The molecule has 0 radical (unpaired) electrons. The summed E-state index contributed by atoms with van der Waals surface area (Å²) in [5, 5.41) is 2.87. The lowest BCUT2D eigenvalue weighted by Crippen LogP contribution is -2.14. The van der Waals surface area contributed by atoms with Crippen molar-refractivity contribution in [1.29, 1.82) is 0 Å². The Morgan fingerprint density at radius 3 is 2.52 bits per heavy atom. The van der Waals surface area contributed by atoms with Gasteiger partial charge in [0.15, 0.2) is 0 Å². The Morgan fingerprint density at radius 1 is 1.24 bits per heavy atom. The second-order valence-corrected chi connectivity index (χ2v) is 5.61. The number of amides is 1. The summed E-state index contributed by atoms with van der Waals surface area (Å²) in [6.45, 7) is 0. The number of hydrogen-bond acceptors (Lipinski definition) is 2. The number of nitrogens with zero attached hydrogens (tertiary/aromatic N) is 1. The molecule has 0 atom stereocenters. The van der Waals surface area contributed by atoms with E-state index in [1.54, 1.807) is 12.1 Å². The zero-order valence-corrected chi connectivity index (χ0v) is 13.1. The van der Waals surface area contributed by atoms with Crippen molar-refractivity contribution < 1.29 is 18.0 Å². The first kappa shape index (κ1) is 16.0. The topological polar surface area (TPSA) is 42.0 Å². The zero-order chi connectivity index (χ0) is 15.6. The van der Waals surface area contributed by atoms with Gasteiger partial charge in [-0.25, -0.2) is 4.98 Å². The van der Waals surface area contributed by atoms with Crippen molar-refractivity contribution in [2.45, 2.75) is 6.18 Å². The second kappa shape index (κ2) is 6.18. The van der Waals surface area contributed by atoms with E-state index in [9.17, 15) is 18.0 Å². The number of anilines is 1. The van der Waals surface area contributed by atoms with E-state index in [-0.39, 0.29) is 5.69 Å². The van der Waals surface area contributed by atoms with Crippen LogP contribution in [0.25, 0.3) is 0 Å². The number of pyridine rings is 1. The molecule has 3 nitrogen and oxygen atoms in total. The van der Waals surface area contributed by atoms with Crippen LogP contribution in [0.5, 0.6) is 0 Å². The van der Waals surface area contributed by atoms with Crippen molar-refractivity contribution in [2.75, 3.05) is 5.32 Å². The van der Waals surface area contributed by atoms with Gasteiger partial charge in [-0.3, -0.25) is 4.79 Å². The molecule has 0 aliphatic carbocycles. The molecule has 2 aromatic rings. The van der Waals surface area contributed by atoms with Gasteiger partial charge in [0.05, 0.1) is 17.4 Å². The van der Waals surface area contributed by atoms with Gasteiger partial charge < -0.3 is 5.32 Å². The van der Waals surface area contributed by atoms with E-state index in [1.165, 1.54) is 6.07 Å². The van der Waals surface area contributed by atoms with E-state index in [1.807, 2.05) is 22.6 Å². The van der Waals surface area contributed by atoms with E-state index in [2.05, 4.69) is 10.3 Å². The summed E-state index contributed by atoms with van der Waals surface area (Å²) >= 11 is 7.78. The average Bonchev–Trinajstić information content (AvgIpc) is 2.41. The lowest BCUT2D eigenvalue weighted by molar-refractivity contribution is -0.141. The van der Waals surface area contributed by atoms with Gasteiger partial charge in [-0.1, -0.05) is 11.6 Å². The second-order valence-electron chi connectivity index (χ2n) is 4.01. The van der Waals surface area contributed by atoms with Crippen LogP contribution in [-0.4, -0.2) is 10.9 Å². The fourth-order valence-electron chi connectivity index (χ4n) is 1.51. The Labute approximate surface area is 136 Å². The maximum atomic E-state index is 12.4. The molecular weight excluding hydrogens is 420 g/mol. The summed E-state index contributed by atoms with van der Waals surface area (Å²) in [5.41, 5.74) is -0.510. The SMILES string of the molecule is O=C(Nc1ccc(C(F)(F)F)nc1)c1cc(Cl)ccc1I. The van der Waals surface area contributed by atoms with Gasteiger partial charge in [-0.15, -0.1) is 0 Å². The first-order valence-electron chi connectivity index (χ1n) is 5.57. The highest BCUT2D eigenvalue weighted by molar-refractivity contribution is 14.1. The van der Waals surface area contributed by atoms with Gasteiger partial charge in [0.25, 0.3) is 5.91 Å². The van der Waals surface area contributed by atoms with E-state index in [4.69, 9.17) is 11.6 Å². The van der Waals surface area contributed by atoms with Crippen LogP contribution in [0.15, 0.2) is 36.5 Å². The van der Waals surface area contributed by atoms with Gasteiger partial charge in [0.2, 0.25) is 0 Å². The van der Waals surface area contributed by atoms with Gasteiger partial charge in [-0.2, -0.15) is 13.2 Å². The fraction of sp³-hybridized carbons (Fsp3) is 0.0769. The first-order chi connectivity index (χ1) is 9.77. The summed E-state index contributed by atoms with van der Waals surface area (Å²) in [6, 6.07) is 6.74. The normalized spacial score (nSPS) is 11.3. The number of carbonyl (C=O) groups excluding carboxylic acids is 1. The van der Waals surface area contributed by atoms with Crippen molar-refractivity contribution in [3.8, 4) is 0 Å². The van der Waals surface area contributed by atoms with E-state index in [0.717, 1.165) is 18.3 Å². The first-order valence-corrected chi connectivity index (χ1v) is 7.02. The molecule has 0 fully saturated rings. The molecule has 0 saturated heterocycles. The van der Waals surface area contributed by atoms with Crippen LogP contribution in [0.3, 0.4) is 0 Å². The molecule has 0 aliphatic heterocycles. The molecule has 110 valence electrons. The summed E-state index contributed by atoms with van der Waals surface area (Å²) in [4.78, 5) is 15.3. The standard InChI is InChI=1S/C13H7ClF3IN2O/c14-7-1-3-10(18)9(5-7)12(21)20-8-2-4-11(19-6-8)13(15,16)17/h1-6H,(H,20,21). The van der Waals surface area contributed by atoms with Crippen LogP contribution >= 0.6 is 34.2 Å². The minimum atomic E-state index is -4.51. The molecule has 8 heteroatoms. The Hall–Kier alpha value is -1.35. The largest absolute Gasteiger partial charge is 0.433 e. The Morgan fingerprint density at radius 2 is 1.95 bits per heavy atom. The molecule has 2 rings (SSSR count).